The Hall–Kier alpha value is 0.700. The van der Waals surface area contributed by atoms with E-state index < -0.39 is 0 Å². The second-order valence-electron chi connectivity index (χ2n) is 3.09. The zero-order chi connectivity index (χ0) is 6.74. The van der Waals surface area contributed by atoms with Crippen molar-refractivity contribution in [2.24, 2.45) is 5.41 Å². The minimum atomic E-state index is 0.671. The summed E-state index contributed by atoms with van der Waals surface area (Å²) in [5.41, 5.74) is 0.671. The molecule has 0 aromatic heterocycles. The first kappa shape index (κ1) is 7.80. The topological polar surface area (TPSA) is 0 Å². The lowest BCUT2D eigenvalue weighted by Crippen LogP contribution is -2.17. The molecule has 0 spiro atoms. The van der Waals surface area contributed by atoms with E-state index in [4.69, 9.17) is 0 Å². The van der Waals surface area contributed by atoms with Gasteiger partial charge in [0.2, 0.25) is 0 Å². The molecule has 0 nitrogen and oxygen atoms in total. The molecule has 0 bridgehead atoms. The maximum absolute atomic E-state index is 2.41. The zero-order valence-electron chi connectivity index (χ0n) is 6.14. The number of hydrogen-bond acceptors (Lipinski definition) is 2. The first-order valence-corrected chi connectivity index (χ1v) is 6.00. The maximum Gasteiger partial charge on any atom is 0.00991 e. The third-order valence-corrected chi connectivity index (χ3v) is 4.75. The van der Waals surface area contributed by atoms with Crippen LogP contribution in [-0.4, -0.2) is 11.5 Å². The second-order valence-corrected chi connectivity index (χ2v) is 5.55. The third-order valence-electron chi connectivity index (χ3n) is 1.75. The summed E-state index contributed by atoms with van der Waals surface area (Å²) < 4.78 is 0. The van der Waals surface area contributed by atoms with Crippen LogP contribution in [-0.2, 0) is 0 Å². The quantitative estimate of drug-likeness (QED) is 0.572. The Morgan fingerprint density at radius 2 is 1.89 bits per heavy atom. The molecule has 1 rings (SSSR count). The van der Waals surface area contributed by atoms with Crippen molar-refractivity contribution >= 4 is 21.6 Å². The molecule has 1 aliphatic heterocycles. The van der Waals surface area contributed by atoms with Crippen LogP contribution in [0.3, 0.4) is 0 Å². The number of rotatable bonds is 2. The monoisotopic (exact) mass is 162 g/mol. The summed E-state index contributed by atoms with van der Waals surface area (Å²) in [4.78, 5) is 0. The Bertz CT molecular complexity index is 84.9. The molecule has 1 aliphatic rings. The fourth-order valence-electron chi connectivity index (χ4n) is 1.16. The first-order chi connectivity index (χ1) is 4.27. The SMILES string of the molecule is CCCC1(C)CSSC1. The Labute approximate surface area is 65.6 Å². The molecule has 0 unspecified atom stereocenters. The van der Waals surface area contributed by atoms with Gasteiger partial charge in [-0.2, -0.15) is 0 Å². The molecule has 0 atom stereocenters. The van der Waals surface area contributed by atoms with E-state index in [1.54, 1.807) is 0 Å². The molecule has 1 fully saturated rings. The van der Waals surface area contributed by atoms with Crippen molar-refractivity contribution in [3.63, 3.8) is 0 Å². The largest absolute Gasteiger partial charge is 0.0935 e. The van der Waals surface area contributed by atoms with E-state index in [-0.39, 0.29) is 0 Å². The molecule has 0 aromatic rings. The molecule has 0 N–H and O–H groups in total. The van der Waals surface area contributed by atoms with E-state index >= 15 is 0 Å². The molecule has 54 valence electrons. The van der Waals surface area contributed by atoms with Crippen LogP contribution in [0, 0.1) is 5.41 Å². The highest BCUT2D eigenvalue weighted by Crippen LogP contribution is 2.45. The van der Waals surface area contributed by atoms with Gasteiger partial charge in [0.05, 0.1) is 0 Å². The van der Waals surface area contributed by atoms with Crippen molar-refractivity contribution in [2.45, 2.75) is 26.7 Å². The molecule has 0 saturated carbocycles. The Morgan fingerprint density at radius 1 is 1.33 bits per heavy atom. The molecule has 0 aliphatic carbocycles. The van der Waals surface area contributed by atoms with Gasteiger partial charge in [-0.05, 0) is 11.8 Å². The van der Waals surface area contributed by atoms with Crippen LogP contribution in [0.2, 0.25) is 0 Å². The van der Waals surface area contributed by atoms with E-state index in [9.17, 15) is 0 Å². The van der Waals surface area contributed by atoms with Gasteiger partial charge in [-0.25, -0.2) is 0 Å². The summed E-state index contributed by atoms with van der Waals surface area (Å²) in [6.07, 6.45) is 2.75. The molecule has 2 heteroatoms. The van der Waals surface area contributed by atoms with Gasteiger partial charge in [0.15, 0.2) is 0 Å². The van der Waals surface area contributed by atoms with Crippen LogP contribution >= 0.6 is 21.6 Å². The summed E-state index contributed by atoms with van der Waals surface area (Å²) in [6, 6.07) is 0. The molecular formula is C7H14S2. The van der Waals surface area contributed by atoms with E-state index in [0.29, 0.717) is 5.41 Å². The van der Waals surface area contributed by atoms with E-state index in [1.807, 2.05) is 21.6 Å². The van der Waals surface area contributed by atoms with Gasteiger partial charge in [-0.1, -0.05) is 41.9 Å². The van der Waals surface area contributed by atoms with Crippen molar-refractivity contribution in [1.29, 1.82) is 0 Å². The molecule has 0 aromatic carbocycles. The Kier molecular flexibility index (Phi) is 2.77. The fraction of sp³-hybridized carbons (Fsp3) is 1.00. The van der Waals surface area contributed by atoms with Gasteiger partial charge in [0.1, 0.15) is 0 Å². The predicted molar refractivity (Wildman–Crippen MR) is 47.9 cm³/mol. The average Bonchev–Trinajstić information content (AvgIpc) is 2.16. The predicted octanol–water partition coefficient (Wildman–Crippen LogP) is 3.19. The van der Waals surface area contributed by atoms with Gasteiger partial charge in [-0.15, -0.1) is 0 Å². The van der Waals surface area contributed by atoms with Crippen molar-refractivity contribution in [2.75, 3.05) is 11.5 Å². The molecular weight excluding hydrogens is 148 g/mol. The van der Waals surface area contributed by atoms with Gasteiger partial charge < -0.3 is 0 Å². The van der Waals surface area contributed by atoms with Crippen molar-refractivity contribution in [3.8, 4) is 0 Å². The van der Waals surface area contributed by atoms with Crippen LogP contribution < -0.4 is 0 Å². The van der Waals surface area contributed by atoms with E-state index in [0.717, 1.165) is 0 Å². The van der Waals surface area contributed by atoms with Crippen LogP contribution in [0.4, 0.5) is 0 Å². The molecule has 9 heavy (non-hydrogen) atoms. The summed E-state index contributed by atoms with van der Waals surface area (Å²) in [7, 11) is 4.08. The van der Waals surface area contributed by atoms with Crippen LogP contribution in [0.25, 0.3) is 0 Å². The third kappa shape index (κ3) is 2.08. The Morgan fingerprint density at radius 3 is 2.33 bits per heavy atom. The number of hydrogen-bond donors (Lipinski definition) is 0. The molecule has 0 amide bonds. The Balaban J connectivity index is 2.32. The second kappa shape index (κ2) is 3.20. The normalized spacial score (nSPS) is 24.7. The standard InChI is InChI=1S/C7H14S2/c1-3-4-7(2)5-8-9-6-7/h3-6H2,1-2H3. The summed E-state index contributed by atoms with van der Waals surface area (Å²) in [5.74, 6) is 2.73. The van der Waals surface area contributed by atoms with Crippen molar-refractivity contribution in [3.05, 3.63) is 0 Å². The highest BCUT2D eigenvalue weighted by Gasteiger charge is 2.28. The first-order valence-electron chi connectivity index (χ1n) is 3.51. The highest BCUT2D eigenvalue weighted by molar-refractivity contribution is 8.77. The lowest BCUT2D eigenvalue weighted by atomic mass is 9.90. The molecule has 0 radical (unpaired) electrons. The smallest absolute Gasteiger partial charge is 0.00991 e. The maximum atomic E-state index is 2.41. The fourth-order valence-corrected chi connectivity index (χ4v) is 4.72. The summed E-state index contributed by atoms with van der Waals surface area (Å²) >= 11 is 0. The summed E-state index contributed by atoms with van der Waals surface area (Å²) in [6.45, 7) is 4.68. The average molecular weight is 162 g/mol. The van der Waals surface area contributed by atoms with Crippen LogP contribution in [0.15, 0.2) is 0 Å². The molecule has 1 heterocycles. The minimum Gasteiger partial charge on any atom is -0.0935 e. The van der Waals surface area contributed by atoms with E-state index in [1.165, 1.54) is 24.3 Å². The van der Waals surface area contributed by atoms with Gasteiger partial charge in [-0.3, -0.25) is 0 Å². The van der Waals surface area contributed by atoms with Gasteiger partial charge in [0, 0.05) is 11.5 Å². The van der Waals surface area contributed by atoms with Gasteiger partial charge >= 0.3 is 0 Å². The van der Waals surface area contributed by atoms with Crippen molar-refractivity contribution in [1.82, 2.24) is 0 Å². The van der Waals surface area contributed by atoms with Gasteiger partial charge in [0.25, 0.3) is 0 Å². The lowest BCUT2D eigenvalue weighted by molar-refractivity contribution is 0.397. The minimum absolute atomic E-state index is 0.671. The molecule has 1 saturated heterocycles. The van der Waals surface area contributed by atoms with E-state index in [2.05, 4.69) is 13.8 Å². The lowest BCUT2D eigenvalue weighted by Gasteiger charge is -2.19. The van der Waals surface area contributed by atoms with Crippen molar-refractivity contribution < 1.29 is 0 Å². The van der Waals surface area contributed by atoms with Crippen LogP contribution in [0.5, 0.6) is 0 Å². The zero-order valence-corrected chi connectivity index (χ0v) is 7.78. The summed E-state index contributed by atoms with van der Waals surface area (Å²) in [5, 5.41) is 0. The van der Waals surface area contributed by atoms with Crippen LogP contribution in [0.1, 0.15) is 26.7 Å². The highest BCUT2D eigenvalue weighted by atomic mass is 33.1.